The molecule has 2 saturated heterocycles. The van der Waals surface area contributed by atoms with Crippen LogP contribution in [0.4, 0.5) is 0 Å². The second kappa shape index (κ2) is 26.6. The smallest absolute Gasteiger partial charge is 0.246 e. The molecule has 2 aliphatic rings. The number of nitrogens with two attached hydrogens (primary N) is 3. The van der Waals surface area contributed by atoms with E-state index in [1.165, 1.54) is 22.6 Å². The maximum Gasteiger partial charge on any atom is 0.246 e. The topological polar surface area (TPSA) is 337 Å². The van der Waals surface area contributed by atoms with E-state index in [0.29, 0.717) is 37.2 Å². The molecule has 0 spiro atoms. The molecule has 356 valence electrons. The van der Waals surface area contributed by atoms with Crippen LogP contribution >= 0.6 is 21.6 Å². The maximum absolute atomic E-state index is 14.3. The molecular weight excluding hydrogens is 873 g/mol. The number of benzene rings is 1. The molecule has 13 N–H and O–H groups in total. The molecule has 1 aromatic carbocycles. The molecule has 0 unspecified atom stereocenters. The van der Waals surface area contributed by atoms with Gasteiger partial charge in [0.25, 0.3) is 0 Å². The molecule has 0 bridgehead atoms. The Balaban J connectivity index is 1.99. The molecule has 23 heteroatoms. The van der Waals surface area contributed by atoms with Crippen molar-refractivity contribution in [3.05, 3.63) is 29.8 Å². The van der Waals surface area contributed by atoms with Crippen molar-refractivity contribution in [3.63, 3.8) is 0 Å². The number of hydrogen-bond donors (Lipinski definition) is 10. The first-order chi connectivity index (χ1) is 30.4. The Morgan fingerprint density at radius 3 is 2.16 bits per heavy atom. The number of carbonyl (C=O) groups excluding carboxylic acids is 9. The van der Waals surface area contributed by atoms with Crippen molar-refractivity contribution in [1.29, 1.82) is 0 Å². The van der Waals surface area contributed by atoms with Crippen LogP contribution in [-0.4, -0.2) is 143 Å². The fourth-order valence-corrected chi connectivity index (χ4v) is 9.16. The molecule has 2 aliphatic heterocycles. The summed E-state index contributed by atoms with van der Waals surface area (Å²) in [6, 6.07) is -2.30. The van der Waals surface area contributed by atoms with Crippen molar-refractivity contribution in [2.75, 3.05) is 31.2 Å². The van der Waals surface area contributed by atoms with Gasteiger partial charge in [-0.2, -0.15) is 0 Å². The van der Waals surface area contributed by atoms with Gasteiger partial charge in [0.1, 0.15) is 48.0 Å². The van der Waals surface area contributed by atoms with Crippen LogP contribution in [0.1, 0.15) is 78.2 Å². The number of primary amides is 2. The number of aliphatic hydroxyl groups excluding tert-OH is 1. The van der Waals surface area contributed by atoms with Crippen molar-refractivity contribution in [2.45, 2.75) is 127 Å². The van der Waals surface area contributed by atoms with Gasteiger partial charge in [0, 0.05) is 30.9 Å². The summed E-state index contributed by atoms with van der Waals surface area (Å²) in [7, 11) is 2.31. The molecule has 0 aliphatic carbocycles. The van der Waals surface area contributed by atoms with Gasteiger partial charge in [-0.3, -0.25) is 43.2 Å². The summed E-state index contributed by atoms with van der Waals surface area (Å²) in [5, 5.41) is 26.3. The van der Waals surface area contributed by atoms with Crippen LogP contribution in [0, 0.1) is 5.92 Å². The largest absolute Gasteiger partial charge is 0.494 e. The molecule has 3 rings (SSSR count). The van der Waals surface area contributed by atoms with E-state index in [0.717, 1.165) is 10.8 Å². The third-order valence-corrected chi connectivity index (χ3v) is 13.2. The highest BCUT2D eigenvalue weighted by molar-refractivity contribution is 8.76. The minimum Gasteiger partial charge on any atom is -0.494 e. The number of hydrogen-bond acceptors (Lipinski definition) is 14. The fraction of sp³-hybridized carbons (Fsp3) is 0.634. The number of nitrogens with one attached hydrogen (secondary N) is 6. The minimum absolute atomic E-state index is 0.0383. The van der Waals surface area contributed by atoms with Gasteiger partial charge in [-0.15, -0.1) is 0 Å². The molecule has 21 nitrogen and oxygen atoms in total. The van der Waals surface area contributed by atoms with E-state index in [1.807, 2.05) is 6.92 Å². The van der Waals surface area contributed by atoms with Gasteiger partial charge in [0.05, 0.1) is 19.1 Å². The van der Waals surface area contributed by atoms with Crippen LogP contribution in [-0.2, 0) is 49.6 Å². The number of aliphatic hydroxyl groups is 1. The quantitative estimate of drug-likeness (QED) is 0.0790. The zero-order valence-corrected chi connectivity index (χ0v) is 38.4. The van der Waals surface area contributed by atoms with Crippen molar-refractivity contribution >= 4 is 74.8 Å². The Labute approximate surface area is 380 Å². The number of ether oxygens (including phenoxy) is 1. The summed E-state index contributed by atoms with van der Waals surface area (Å²) in [5.41, 5.74) is 17.2. The standard InChI is InChI=1S/C41H64N10O11S2/c1-5-22(3)33-39(59)50-34(23(4)52)40(60)47-28(20-31(43)53)36(56)48-29(41(61)51-17-8-10-30(51)38(58)46-26(35(44)55)9-7-16-42)21-64-63-18-15-32(54)45-27(37(57)49-33)19-24-11-13-25(14-12-24)62-6-2/h11-14,22-23,26-30,33-34,52H,5-10,15-21,42H2,1-4H3,(H2,43,53)(H2,44,55)(H,45,54)(H,46,58)(H,47,60)(H,48,56)(H,49,57)(H,50,59)/t22-,23-,26+,27+,28-,29-,30-,33+,34+/m0/s1. The van der Waals surface area contributed by atoms with Crippen LogP contribution in [0.25, 0.3) is 0 Å². The second-order valence-electron chi connectivity index (χ2n) is 15.7. The Morgan fingerprint density at radius 2 is 1.55 bits per heavy atom. The van der Waals surface area contributed by atoms with E-state index in [4.69, 9.17) is 21.9 Å². The molecule has 64 heavy (non-hydrogen) atoms. The Hall–Kier alpha value is -5.13. The first-order valence-corrected chi connectivity index (χ1v) is 23.9. The molecule has 9 amide bonds. The summed E-state index contributed by atoms with van der Waals surface area (Å²) in [4.78, 5) is 122. The summed E-state index contributed by atoms with van der Waals surface area (Å²) in [5.74, 6) is -7.07. The molecule has 2 fully saturated rings. The molecule has 9 atom stereocenters. The Morgan fingerprint density at radius 1 is 0.891 bits per heavy atom. The van der Waals surface area contributed by atoms with Gasteiger partial charge < -0.3 is 63.8 Å². The lowest BCUT2D eigenvalue weighted by molar-refractivity contribution is -0.142. The highest BCUT2D eigenvalue weighted by atomic mass is 33.1. The molecule has 0 aromatic heterocycles. The molecule has 2 heterocycles. The first-order valence-electron chi connectivity index (χ1n) is 21.4. The monoisotopic (exact) mass is 936 g/mol. The van der Waals surface area contributed by atoms with Gasteiger partial charge >= 0.3 is 0 Å². The summed E-state index contributed by atoms with van der Waals surface area (Å²) < 4.78 is 5.53. The molecule has 0 radical (unpaired) electrons. The number of likely N-dealkylation sites (tertiary alicyclic amines) is 1. The van der Waals surface area contributed by atoms with Crippen molar-refractivity contribution < 1.29 is 53.0 Å². The van der Waals surface area contributed by atoms with Gasteiger partial charge in [0.15, 0.2) is 0 Å². The lowest BCUT2D eigenvalue weighted by atomic mass is 9.96. The average molecular weight is 937 g/mol. The third kappa shape index (κ3) is 16.5. The Kier molecular flexibility index (Phi) is 22.1. The second-order valence-corrected chi connectivity index (χ2v) is 18.4. The third-order valence-electron chi connectivity index (χ3n) is 10.8. The van der Waals surface area contributed by atoms with E-state index < -0.39 is 114 Å². The van der Waals surface area contributed by atoms with E-state index in [-0.39, 0.29) is 50.3 Å². The number of carbonyl (C=O) groups is 9. The van der Waals surface area contributed by atoms with Crippen LogP contribution in [0.3, 0.4) is 0 Å². The van der Waals surface area contributed by atoms with E-state index in [9.17, 15) is 48.3 Å². The number of amides is 9. The predicted octanol–water partition coefficient (Wildman–Crippen LogP) is -2.16. The molecular formula is C41H64N10O11S2. The maximum atomic E-state index is 14.3. The van der Waals surface area contributed by atoms with Gasteiger partial charge in [0.2, 0.25) is 53.2 Å². The average Bonchev–Trinajstić information content (AvgIpc) is 3.75. The highest BCUT2D eigenvalue weighted by Crippen LogP contribution is 2.26. The van der Waals surface area contributed by atoms with Crippen LogP contribution < -0.4 is 53.8 Å². The van der Waals surface area contributed by atoms with Crippen LogP contribution in [0.5, 0.6) is 5.75 Å². The van der Waals surface area contributed by atoms with Crippen molar-refractivity contribution in [1.82, 2.24) is 36.8 Å². The van der Waals surface area contributed by atoms with Crippen LogP contribution in [0.15, 0.2) is 24.3 Å². The first kappa shape index (κ1) is 53.2. The number of nitrogens with zero attached hydrogens (tertiary/aromatic N) is 1. The van der Waals surface area contributed by atoms with E-state index in [2.05, 4.69) is 31.9 Å². The van der Waals surface area contributed by atoms with Crippen molar-refractivity contribution in [2.24, 2.45) is 23.1 Å². The highest BCUT2D eigenvalue weighted by Gasteiger charge is 2.41. The van der Waals surface area contributed by atoms with E-state index in [1.54, 1.807) is 38.1 Å². The van der Waals surface area contributed by atoms with Crippen molar-refractivity contribution in [3.8, 4) is 5.75 Å². The van der Waals surface area contributed by atoms with Gasteiger partial charge in [-0.1, -0.05) is 54.0 Å². The molecule has 0 saturated carbocycles. The lowest BCUT2D eigenvalue weighted by Crippen LogP contribution is -2.63. The lowest BCUT2D eigenvalue weighted by Gasteiger charge is -2.31. The van der Waals surface area contributed by atoms with Gasteiger partial charge in [-0.25, -0.2) is 0 Å². The van der Waals surface area contributed by atoms with Gasteiger partial charge in [-0.05, 0) is 69.7 Å². The Bertz CT molecular complexity index is 1810. The molecule has 1 aromatic rings. The predicted molar refractivity (Wildman–Crippen MR) is 240 cm³/mol. The SMILES string of the molecule is CCOc1ccc(C[C@H]2NC(=O)CCSSC[C@@H](C(=O)N3CCC[C@H]3C(=O)N[C@H](CCCN)C(N)=O)NC(=O)[C@H](CC(N)=O)NC(=O)[C@@H]([C@H](C)O)NC(=O)[C@@H]([C@@H](C)CC)NC2=O)cc1. The zero-order chi connectivity index (χ0) is 47.5. The minimum atomic E-state index is -1.72. The summed E-state index contributed by atoms with van der Waals surface area (Å²) in [6.07, 6.45) is -0.728. The van der Waals surface area contributed by atoms with Crippen LogP contribution in [0.2, 0.25) is 0 Å². The summed E-state index contributed by atoms with van der Waals surface area (Å²) in [6.45, 7) is 7.34. The normalized spacial score (nSPS) is 24.7. The summed E-state index contributed by atoms with van der Waals surface area (Å²) >= 11 is 0. The van der Waals surface area contributed by atoms with E-state index >= 15 is 0 Å². The fourth-order valence-electron chi connectivity index (χ4n) is 7.01. The number of rotatable bonds is 16. The zero-order valence-electron chi connectivity index (χ0n) is 36.7.